The first-order chi connectivity index (χ1) is 8.24. The maximum absolute atomic E-state index is 10.8. The fraction of sp³-hybridized carbons (Fsp3) is 0.333. The van der Waals surface area contributed by atoms with Gasteiger partial charge in [0.05, 0.1) is 15.8 Å². The van der Waals surface area contributed by atoms with E-state index in [9.17, 15) is 10.1 Å². The number of non-ortho nitro benzene ring substituents is 1. The topological polar surface area (TPSA) is 68.3 Å². The summed E-state index contributed by atoms with van der Waals surface area (Å²) in [4.78, 5) is 10.5. The van der Waals surface area contributed by atoms with Gasteiger partial charge in [0.15, 0.2) is 0 Å². The smallest absolute Gasteiger partial charge is 0.278 e. The molecule has 5 nitrogen and oxygen atoms in total. The van der Waals surface area contributed by atoms with Gasteiger partial charge in [-0.2, -0.15) is 0 Å². The lowest BCUT2D eigenvalue weighted by atomic mass is 10.2. The molecule has 0 fully saturated rings. The van der Waals surface area contributed by atoms with Gasteiger partial charge in [-0.15, -0.1) is 0 Å². The lowest BCUT2D eigenvalue weighted by molar-refractivity contribution is -0.383. The van der Waals surface area contributed by atoms with Crippen molar-refractivity contribution in [3.8, 4) is 0 Å². The number of nitrogens with zero attached hydrogens (tertiary/aromatic N) is 2. The number of benzene rings is 1. The zero-order valence-electron chi connectivity index (χ0n) is 9.37. The van der Waals surface area contributed by atoms with E-state index in [0.717, 1.165) is 24.9 Å². The van der Waals surface area contributed by atoms with Crippen LogP contribution in [-0.4, -0.2) is 21.2 Å². The molecule has 0 amide bonds. The van der Waals surface area contributed by atoms with Crippen molar-refractivity contribution in [1.82, 2.24) is 4.57 Å². The Morgan fingerprint density at radius 1 is 1.29 bits per heavy atom. The molecule has 1 N–H and O–H groups in total. The molecule has 0 spiro atoms. The molecule has 1 aromatic carbocycles. The van der Waals surface area contributed by atoms with Crippen LogP contribution in [0.1, 0.15) is 12.8 Å². The number of fused-ring (bicyclic) bond motifs is 1. The van der Waals surface area contributed by atoms with E-state index >= 15 is 0 Å². The fourth-order valence-electron chi connectivity index (χ4n) is 1.96. The number of hydrogen-bond donors (Lipinski definition) is 1. The van der Waals surface area contributed by atoms with Gasteiger partial charge in [0, 0.05) is 25.4 Å². The van der Waals surface area contributed by atoms with Gasteiger partial charge in [-0.05, 0) is 25.0 Å². The van der Waals surface area contributed by atoms with E-state index in [-0.39, 0.29) is 17.2 Å². The van der Waals surface area contributed by atoms with E-state index < -0.39 is 0 Å². The Hall–Kier alpha value is -1.88. The predicted molar refractivity (Wildman–Crippen MR) is 64.9 cm³/mol. The highest BCUT2D eigenvalue weighted by molar-refractivity contribution is 5.89. The van der Waals surface area contributed by atoms with Crippen LogP contribution in [0.15, 0.2) is 30.5 Å². The first-order valence-electron chi connectivity index (χ1n) is 5.57. The lowest BCUT2D eigenvalue weighted by Crippen LogP contribution is -1.97. The fourth-order valence-corrected chi connectivity index (χ4v) is 1.96. The minimum Gasteiger partial charge on any atom is -0.396 e. The van der Waals surface area contributed by atoms with E-state index in [1.807, 2.05) is 16.8 Å². The number of aliphatic hydroxyl groups excluding tert-OH is 1. The summed E-state index contributed by atoms with van der Waals surface area (Å²) in [5, 5.41) is 20.2. The highest BCUT2D eigenvalue weighted by Gasteiger charge is 2.13. The second kappa shape index (κ2) is 4.97. The average molecular weight is 234 g/mol. The van der Waals surface area contributed by atoms with Crippen molar-refractivity contribution in [2.75, 3.05) is 6.61 Å². The molecule has 0 aliphatic heterocycles. The van der Waals surface area contributed by atoms with Gasteiger partial charge in [-0.3, -0.25) is 10.1 Å². The third kappa shape index (κ3) is 2.29. The molecule has 0 radical (unpaired) electrons. The van der Waals surface area contributed by atoms with Crippen LogP contribution in [0.5, 0.6) is 0 Å². The molecule has 0 unspecified atom stereocenters. The summed E-state index contributed by atoms with van der Waals surface area (Å²) in [6.45, 7) is 0.949. The number of aromatic nitrogens is 1. The highest BCUT2D eigenvalue weighted by Crippen LogP contribution is 2.26. The number of hydrogen-bond acceptors (Lipinski definition) is 3. The Labute approximate surface area is 98.4 Å². The molecular weight excluding hydrogens is 220 g/mol. The maximum atomic E-state index is 10.8. The van der Waals surface area contributed by atoms with Crippen molar-refractivity contribution >= 4 is 16.6 Å². The Balaban J connectivity index is 2.34. The number of nitro groups is 1. The van der Waals surface area contributed by atoms with Gasteiger partial charge in [0.1, 0.15) is 0 Å². The van der Waals surface area contributed by atoms with Crippen LogP contribution >= 0.6 is 0 Å². The lowest BCUT2D eigenvalue weighted by Gasteiger charge is -2.04. The number of aryl methyl sites for hydroxylation is 1. The van der Waals surface area contributed by atoms with Gasteiger partial charge < -0.3 is 9.67 Å². The molecule has 0 bridgehead atoms. The summed E-state index contributed by atoms with van der Waals surface area (Å²) in [5.41, 5.74) is 1.01. The first-order valence-corrected chi connectivity index (χ1v) is 5.57. The van der Waals surface area contributed by atoms with Crippen molar-refractivity contribution in [1.29, 1.82) is 0 Å². The molecule has 0 aliphatic rings. The van der Waals surface area contributed by atoms with Crippen LogP contribution < -0.4 is 0 Å². The second-order valence-electron chi connectivity index (χ2n) is 3.91. The van der Waals surface area contributed by atoms with Gasteiger partial charge in [-0.25, -0.2) is 0 Å². The molecule has 0 atom stereocenters. The Bertz CT molecular complexity index is 534. The van der Waals surface area contributed by atoms with Crippen LogP contribution in [0.2, 0.25) is 0 Å². The van der Waals surface area contributed by atoms with E-state index in [1.165, 1.54) is 6.07 Å². The van der Waals surface area contributed by atoms with Crippen LogP contribution in [0.4, 0.5) is 5.69 Å². The molecule has 1 aromatic heterocycles. The zero-order chi connectivity index (χ0) is 12.3. The number of aliphatic hydroxyl groups is 1. The number of rotatable bonds is 5. The minimum absolute atomic E-state index is 0.142. The van der Waals surface area contributed by atoms with Gasteiger partial charge in [0.2, 0.25) is 0 Å². The molecule has 0 saturated heterocycles. The average Bonchev–Trinajstić information content (AvgIpc) is 2.72. The van der Waals surface area contributed by atoms with Gasteiger partial charge in [-0.1, -0.05) is 6.07 Å². The van der Waals surface area contributed by atoms with E-state index in [2.05, 4.69) is 0 Å². The van der Waals surface area contributed by atoms with Crippen molar-refractivity contribution in [3.63, 3.8) is 0 Å². The quantitative estimate of drug-likeness (QED) is 0.490. The van der Waals surface area contributed by atoms with Crippen molar-refractivity contribution in [3.05, 3.63) is 40.6 Å². The van der Waals surface area contributed by atoms with Crippen LogP contribution in [0.3, 0.4) is 0 Å². The molecule has 90 valence electrons. The van der Waals surface area contributed by atoms with Gasteiger partial charge >= 0.3 is 0 Å². The Kier molecular flexibility index (Phi) is 3.39. The van der Waals surface area contributed by atoms with E-state index in [4.69, 9.17) is 5.11 Å². The number of nitro benzene ring substituents is 1. The summed E-state index contributed by atoms with van der Waals surface area (Å²) < 4.78 is 1.98. The first kappa shape index (κ1) is 11.6. The summed E-state index contributed by atoms with van der Waals surface area (Å²) >= 11 is 0. The highest BCUT2D eigenvalue weighted by atomic mass is 16.6. The van der Waals surface area contributed by atoms with E-state index in [1.54, 1.807) is 12.1 Å². The third-order valence-corrected chi connectivity index (χ3v) is 2.79. The molecule has 1 heterocycles. The molecule has 2 aromatic rings. The molecule has 2 rings (SSSR count). The van der Waals surface area contributed by atoms with Crippen LogP contribution in [0, 0.1) is 10.1 Å². The largest absolute Gasteiger partial charge is 0.396 e. The Morgan fingerprint density at radius 3 is 2.82 bits per heavy atom. The minimum atomic E-state index is -0.361. The van der Waals surface area contributed by atoms with E-state index in [0.29, 0.717) is 5.39 Å². The summed E-state index contributed by atoms with van der Waals surface area (Å²) in [6, 6.07) is 6.86. The standard InChI is InChI=1S/C12H14N2O3/c15-9-2-1-7-13-8-6-10-11(13)4-3-5-12(10)14(16)17/h3-6,8,15H,1-2,7,9H2. The molecular formula is C12H14N2O3. The molecule has 17 heavy (non-hydrogen) atoms. The molecule has 0 aliphatic carbocycles. The third-order valence-electron chi connectivity index (χ3n) is 2.79. The zero-order valence-corrected chi connectivity index (χ0v) is 9.37. The second-order valence-corrected chi connectivity index (χ2v) is 3.91. The van der Waals surface area contributed by atoms with Gasteiger partial charge in [0.25, 0.3) is 5.69 Å². The SMILES string of the molecule is O=[N+]([O-])c1cccc2c1ccn2CCCCO. The predicted octanol–water partition coefficient (Wildman–Crippen LogP) is 2.32. The molecule has 0 saturated carbocycles. The van der Waals surface area contributed by atoms with Crippen molar-refractivity contribution < 1.29 is 10.0 Å². The summed E-state index contributed by atoms with van der Waals surface area (Å²) in [6.07, 6.45) is 3.46. The number of unbranched alkanes of at least 4 members (excludes halogenated alkanes) is 1. The van der Waals surface area contributed by atoms with Crippen molar-refractivity contribution in [2.24, 2.45) is 0 Å². The normalized spacial score (nSPS) is 10.9. The maximum Gasteiger partial charge on any atom is 0.278 e. The monoisotopic (exact) mass is 234 g/mol. The summed E-state index contributed by atoms with van der Waals surface area (Å²) in [5.74, 6) is 0. The van der Waals surface area contributed by atoms with Crippen LogP contribution in [0.25, 0.3) is 10.9 Å². The Morgan fingerprint density at radius 2 is 2.12 bits per heavy atom. The van der Waals surface area contributed by atoms with Crippen LogP contribution in [-0.2, 0) is 6.54 Å². The molecule has 5 heteroatoms. The van der Waals surface area contributed by atoms with Crippen molar-refractivity contribution in [2.45, 2.75) is 19.4 Å². The summed E-state index contributed by atoms with van der Waals surface area (Å²) in [7, 11) is 0.